The van der Waals surface area contributed by atoms with Crippen LogP contribution in [0.2, 0.25) is 0 Å². The van der Waals surface area contributed by atoms with Crippen LogP contribution in [-0.2, 0) is 22.6 Å². The van der Waals surface area contributed by atoms with Crippen LogP contribution >= 0.6 is 0 Å². The van der Waals surface area contributed by atoms with Crippen molar-refractivity contribution >= 4 is 22.6 Å². The van der Waals surface area contributed by atoms with Gasteiger partial charge in [0.15, 0.2) is 0 Å². The average Bonchev–Trinajstić information content (AvgIpc) is 2.75. The molecule has 1 amide bonds. The second-order valence-electron chi connectivity index (χ2n) is 7.05. The fourth-order valence-electron chi connectivity index (χ4n) is 3.40. The van der Waals surface area contributed by atoms with Crippen molar-refractivity contribution in [2.24, 2.45) is 0 Å². The highest BCUT2D eigenvalue weighted by Crippen LogP contribution is 2.14. The van der Waals surface area contributed by atoms with Crippen LogP contribution in [0.4, 0.5) is 5.82 Å². The van der Waals surface area contributed by atoms with Crippen molar-refractivity contribution in [3.63, 3.8) is 0 Å². The number of aromatic nitrogens is 3. The van der Waals surface area contributed by atoms with E-state index < -0.39 is 0 Å². The summed E-state index contributed by atoms with van der Waals surface area (Å²) in [6, 6.07) is 9.30. The number of morpholine rings is 1. The zero-order chi connectivity index (χ0) is 20.2. The number of benzene rings is 1. The minimum Gasteiger partial charge on any atom is -0.378 e. The second kappa shape index (κ2) is 8.40. The summed E-state index contributed by atoms with van der Waals surface area (Å²) in [6.07, 6.45) is 3.17. The number of pyridine rings is 1. The molecule has 8 nitrogen and oxygen atoms in total. The van der Waals surface area contributed by atoms with Crippen molar-refractivity contribution in [1.29, 1.82) is 0 Å². The largest absolute Gasteiger partial charge is 0.378 e. The Hall–Kier alpha value is -3.26. The highest BCUT2D eigenvalue weighted by molar-refractivity contribution is 5.81. The number of carbonyl (C=O) groups excluding carboxylic acids is 1. The van der Waals surface area contributed by atoms with Crippen molar-refractivity contribution in [3.8, 4) is 0 Å². The highest BCUT2D eigenvalue weighted by atomic mass is 16.5. The van der Waals surface area contributed by atoms with Gasteiger partial charge in [-0.05, 0) is 36.2 Å². The fraction of sp³-hybridized carbons (Fsp3) is 0.333. The summed E-state index contributed by atoms with van der Waals surface area (Å²) in [6.45, 7) is 5.20. The summed E-state index contributed by atoms with van der Waals surface area (Å²) in [5, 5.41) is 3.38. The number of carbonyl (C=O) groups is 1. The first kappa shape index (κ1) is 19.1. The molecule has 1 saturated heterocycles. The monoisotopic (exact) mass is 393 g/mol. The summed E-state index contributed by atoms with van der Waals surface area (Å²) >= 11 is 0. The van der Waals surface area contributed by atoms with Gasteiger partial charge in [0.2, 0.25) is 5.91 Å². The molecule has 1 aliphatic heterocycles. The van der Waals surface area contributed by atoms with Gasteiger partial charge in [0.25, 0.3) is 5.56 Å². The zero-order valence-corrected chi connectivity index (χ0v) is 16.3. The molecule has 1 aliphatic rings. The number of nitrogens with zero attached hydrogens (tertiary/aromatic N) is 4. The van der Waals surface area contributed by atoms with Crippen LogP contribution in [0.3, 0.4) is 0 Å². The van der Waals surface area contributed by atoms with Crippen molar-refractivity contribution in [1.82, 2.24) is 19.9 Å². The maximum atomic E-state index is 12.6. The van der Waals surface area contributed by atoms with Gasteiger partial charge in [0.05, 0.1) is 30.4 Å². The SMILES string of the molecule is Cc1cccc2c(=O)n(CC(=O)NCc3ccnc(N4CCOCC4)c3)cnc12. The van der Waals surface area contributed by atoms with E-state index in [9.17, 15) is 9.59 Å². The molecule has 150 valence electrons. The number of para-hydroxylation sites is 1. The number of fused-ring (bicyclic) bond motifs is 1. The minimum absolute atomic E-state index is 0.0723. The van der Waals surface area contributed by atoms with Gasteiger partial charge in [0.1, 0.15) is 12.4 Å². The van der Waals surface area contributed by atoms with E-state index in [0.717, 1.165) is 30.0 Å². The van der Waals surface area contributed by atoms with E-state index in [1.165, 1.54) is 10.9 Å². The average molecular weight is 393 g/mol. The zero-order valence-electron chi connectivity index (χ0n) is 16.3. The molecule has 1 fully saturated rings. The summed E-state index contributed by atoms with van der Waals surface area (Å²) in [7, 11) is 0. The van der Waals surface area contributed by atoms with E-state index in [4.69, 9.17) is 4.74 Å². The molecule has 4 rings (SSSR count). The van der Waals surface area contributed by atoms with Crippen LogP contribution in [-0.4, -0.2) is 46.7 Å². The molecule has 0 saturated carbocycles. The normalized spacial score (nSPS) is 14.2. The third-order valence-electron chi connectivity index (χ3n) is 5.00. The molecule has 29 heavy (non-hydrogen) atoms. The van der Waals surface area contributed by atoms with Gasteiger partial charge < -0.3 is 15.0 Å². The highest BCUT2D eigenvalue weighted by Gasteiger charge is 2.13. The number of anilines is 1. The summed E-state index contributed by atoms with van der Waals surface area (Å²) < 4.78 is 6.71. The Balaban J connectivity index is 1.41. The summed E-state index contributed by atoms with van der Waals surface area (Å²) in [4.78, 5) is 35.9. The van der Waals surface area contributed by atoms with E-state index in [2.05, 4.69) is 20.2 Å². The number of aryl methyl sites for hydroxylation is 1. The lowest BCUT2D eigenvalue weighted by atomic mass is 10.1. The molecule has 0 unspecified atom stereocenters. The van der Waals surface area contributed by atoms with Gasteiger partial charge in [-0.3, -0.25) is 14.2 Å². The standard InChI is InChI=1S/C21H23N5O3/c1-15-3-2-4-17-20(15)24-14-26(21(17)28)13-19(27)23-12-16-5-6-22-18(11-16)25-7-9-29-10-8-25/h2-6,11,14H,7-10,12-13H2,1H3,(H,23,27). The molecule has 0 bridgehead atoms. The van der Waals surface area contributed by atoms with E-state index in [1.54, 1.807) is 12.3 Å². The first-order valence-electron chi connectivity index (χ1n) is 9.61. The van der Waals surface area contributed by atoms with Crippen LogP contribution in [0.15, 0.2) is 47.7 Å². The number of rotatable bonds is 5. The Bertz CT molecular complexity index is 1090. The van der Waals surface area contributed by atoms with E-state index in [0.29, 0.717) is 30.7 Å². The number of ether oxygens (including phenoxy) is 1. The summed E-state index contributed by atoms with van der Waals surface area (Å²) in [5.74, 6) is 0.635. The van der Waals surface area contributed by atoms with Crippen molar-refractivity contribution < 1.29 is 9.53 Å². The van der Waals surface area contributed by atoms with Crippen LogP contribution in [0.25, 0.3) is 10.9 Å². The molecule has 1 aromatic carbocycles. The lowest BCUT2D eigenvalue weighted by Gasteiger charge is -2.28. The van der Waals surface area contributed by atoms with Crippen molar-refractivity contribution in [2.45, 2.75) is 20.0 Å². The molecule has 0 atom stereocenters. The predicted molar refractivity (Wildman–Crippen MR) is 110 cm³/mol. The van der Waals surface area contributed by atoms with Gasteiger partial charge in [0, 0.05) is 25.8 Å². The third kappa shape index (κ3) is 4.27. The Labute approximate surface area is 168 Å². The molecule has 0 aliphatic carbocycles. The topological polar surface area (TPSA) is 89.4 Å². The summed E-state index contributed by atoms with van der Waals surface area (Å²) in [5.41, 5.74) is 2.34. The predicted octanol–water partition coefficient (Wildman–Crippen LogP) is 1.25. The Morgan fingerprint density at radius 3 is 2.86 bits per heavy atom. The van der Waals surface area contributed by atoms with E-state index in [1.807, 2.05) is 31.2 Å². The first-order chi connectivity index (χ1) is 14.1. The molecule has 8 heteroatoms. The van der Waals surface area contributed by atoms with Gasteiger partial charge in [-0.2, -0.15) is 0 Å². The molecule has 3 aromatic rings. The molecule has 2 aromatic heterocycles. The van der Waals surface area contributed by atoms with E-state index in [-0.39, 0.29) is 18.0 Å². The van der Waals surface area contributed by atoms with Crippen LogP contribution in [0.1, 0.15) is 11.1 Å². The molecule has 0 spiro atoms. The molecule has 0 radical (unpaired) electrons. The van der Waals surface area contributed by atoms with Gasteiger partial charge in [-0.25, -0.2) is 9.97 Å². The Morgan fingerprint density at radius 2 is 2.03 bits per heavy atom. The van der Waals surface area contributed by atoms with Crippen LogP contribution < -0.4 is 15.8 Å². The maximum absolute atomic E-state index is 12.6. The smallest absolute Gasteiger partial charge is 0.261 e. The minimum atomic E-state index is -0.245. The van der Waals surface area contributed by atoms with E-state index >= 15 is 0 Å². The first-order valence-corrected chi connectivity index (χ1v) is 9.61. The fourth-order valence-corrected chi connectivity index (χ4v) is 3.40. The molecule has 3 heterocycles. The van der Waals surface area contributed by atoms with Gasteiger partial charge in [-0.1, -0.05) is 12.1 Å². The number of nitrogens with one attached hydrogen (secondary N) is 1. The quantitative estimate of drug-likeness (QED) is 0.702. The van der Waals surface area contributed by atoms with Gasteiger partial charge >= 0.3 is 0 Å². The number of amides is 1. The molecule has 1 N–H and O–H groups in total. The second-order valence-corrected chi connectivity index (χ2v) is 7.05. The lowest BCUT2D eigenvalue weighted by molar-refractivity contribution is -0.121. The molecular formula is C21H23N5O3. The lowest BCUT2D eigenvalue weighted by Crippen LogP contribution is -2.36. The van der Waals surface area contributed by atoms with Crippen LogP contribution in [0, 0.1) is 6.92 Å². The number of hydrogen-bond acceptors (Lipinski definition) is 6. The number of hydrogen-bond donors (Lipinski definition) is 1. The third-order valence-corrected chi connectivity index (χ3v) is 5.00. The van der Waals surface area contributed by atoms with Gasteiger partial charge in [-0.15, -0.1) is 0 Å². The van der Waals surface area contributed by atoms with Crippen LogP contribution in [0.5, 0.6) is 0 Å². The Morgan fingerprint density at radius 1 is 1.21 bits per heavy atom. The van der Waals surface area contributed by atoms with Crippen molar-refractivity contribution in [2.75, 3.05) is 31.2 Å². The molecular weight excluding hydrogens is 370 g/mol. The van der Waals surface area contributed by atoms with Crippen molar-refractivity contribution in [3.05, 3.63) is 64.3 Å². The maximum Gasteiger partial charge on any atom is 0.261 e. The Kier molecular flexibility index (Phi) is 5.53.